The van der Waals surface area contributed by atoms with Crippen LogP contribution in [0.5, 0.6) is 0 Å². The van der Waals surface area contributed by atoms with Crippen LogP contribution >= 0.6 is 11.6 Å². The van der Waals surface area contributed by atoms with Crippen molar-refractivity contribution in [3.05, 3.63) is 62.9 Å². The fourth-order valence-electron chi connectivity index (χ4n) is 2.20. The number of hydrogen-bond acceptors (Lipinski definition) is 3. The van der Waals surface area contributed by atoms with Crippen molar-refractivity contribution in [1.29, 1.82) is 0 Å². The molecule has 0 atom stereocenters. The number of rotatable bonds is 7. The van der Waals surface area contributed by atoms with Crippen LogP contribution in [0.1, 0.15) is 24.6 Å². The van der Waals surface area contributed by atoms with E-state index in [1.54, 1.807) is 12.1 Å². The molecule has 0 saturated carbocycles. The van der Waals surface area contributed by atoms with Crippen LogP contribution in [0, 0.1) is 10.1 Å². The Balaban J connectivity index is 2.23. The van der Waals surface area contributed by atoms with Crippen LogP contribution in [0.15, 0.2) is 36.5 Å². The molecule has 5 nitrogen and oxygen atoms in total. The van der Waals surface area contributed by atoms with E-state index in [2.05, 4.69) is 12.2 Å². The van der Waals surface area contributed by atoms with Gasteiger partial charge in [0.25, 0.3) is 5.69 Å². The van der Waals surface area contributed by atoms with Gasteiger partial charge in [0, 0.05) is 24.5 Å². The summed E-state index contributed by atoms with van der Waals surface area (Å²) in [4.78, 5) is 10.7. The molecule has 0 aliphatic rings. The van der Waals surface area contributed by atoms with Crippen molar-refractivity contribution in [2.24, 2.45) is 0 Å². The van der Waals surface area contributed by atoms with Crippen LogP contribution in [0.3, 0.4) is 0 Å². The molecular weight excluding hydrogens is 290 g/mol. The minimum absolute atomic E-state index is 0.0590. The summed E-state index contributed by atoms with van der Waals surface area (Å²) in [6.07, 6.45) is 2.98. The first kappa shape index (κ1) is 15.5. The molecule has 0 unspecified atom stereocenters. The summed E-state index contributed by atoms with van der Waals surface area (Å²) in [5, 5.41) is 14.9. The quantitative estimate of drug-likeness (QED) is 0.483. The zero-order chi connectivity index (χ0) is 15.2. The highest BCUT2D eigenvalue weighted by Crippen LogP contribution is 2.27. The van der Waals surface area contributed by atoms with Crippen molar-refractivity contribution in [1.82, 2.24) is 9.88 Å². The van der Waals surface area contributed by atoms with Gasteiger partial charge in [-0.2, -0.15) is 0 Å². The van der Waals surface area contributed by atoms with E-state index < -0.39 is 0 Å². The standard InChI is InChI=1S/C15H18ClN3O2/c1-2-8-17-10-12-5-4-9-18(12)11-13-14(16)6-3-7-15(13)19(20)21/h3-7,9,17H,2,8,10-11H2,1H3. The molecule has 0 amide bonds. The molecule has 1 aromatic heterocycles. The Hall–Kier alpha value is -1.85. The topological polar surface area (TPSA) is 60.1 Å². The lowest BCUT2D eigenvalue weighted by molar-refractivity contribution is -0.385. The summed E-state index contributed by atoms with van der Waals surface area (Å²) in [6.45, 7) is 4.18. The van der Waals surface area contributed by atoms with E-state index in [4.69, 9.17) is 11.6 Å². The van der Waals surface area contributed by atoms with Crippen LogP contribution in [-0.2, 0) is 13.1 Å². The molecule has 2 aromatic rings. The highest BCUT2D eigenvalue weighted by molar-refractivity contribution is 6.31. The van der Waals surface area contributed by atoms with Gasteiger partial charge in [-0.25, -0.2) is 0 Å². The Labute approximate surface area is 128 Å². The van der Waals surface area contributed by atoms with Gasteiger partial charge >= 0.3 is 0 Å². The second-order valence-corrected chi connectivity index (χ2v) is 5.21. The molecule has 0 fully saturated rings. The SMILES string of the molecule is CCCNCc1cccn1Cc1c(Cl)cccc1[N+](=O)[O-]. The molecule has 1 N–H and O–H groups in total. The number of benzene rings is 1. The molecule has 0 saturated heterocycles. The molecule has 1 heterocycles. The predicted molar refractivity (Wildman–Crippen MR) is 83.6 cm³/mol. The number of nitro groups is 1. The summed E-state index contributed by atoms with van der Waals surface area (Å²) < 4.78 is 1.98. The van der Waals surface area contributed by atoms with Crippen LogP contribution in [0.2, 0.25) is 5.02 Å². The molecular formula is C15H18ClN3O2. The molecule has 0 spiro atoms. The molecule has 2 rings (SSSR count). The van der Waals surface area contributed by atoms with E-state index >= 15 is 0 Å². The van der Waals surface area contributed by atoms with Crippen LogP contribution < -0.4 is 5.32 Å². The van der Waals surface area contributed by atoms with Crippen molar-refractivity contribution < 1.29 is 4.92 Å². The highest BCUT2D eigenvalue weighted by Gasteiger charge is 2.17. The Bertz CT molecular complexity index is 625. The fraction of sp³-hybridized carbons (Fsp3) is 0.333. The average Bonchev–Trinajstić information content (AvgIpc) is 2.88. The number of halogens is 1. The van der Waals surface area contributed by atoms with Gasteiger partial charge in [0.05, 0.1) is 22.1 Å². The van der Waals surface area contributed by atoms with Crippen molar-refractivity contribution in [3.8, 4) is 0 Å². The molecule has 21 heavy (non-hydrogen) atoms. The molecule has 0 aliphatic carbocycles. The van der Waals surface area contributed by atoms with E-state index in [-0.39, 0.29) is 10.6 Å². The van der Waals surface area contributed by atoms with E-state index in [1.165, 1.54) is 6.07 Å². The smallest absolute Gasteiger partial charge is 0.275 e. The van der Waals surface area contributed by atoms with Gasteiger partial charge in [-0.05, 0) is 31.2 Å². The van der Waals surface area contributed by atoms with Crippen molar-refractivity contribution >= 4 is 17.3 Å². The van der Waals surface area contributed by atoms with E-state index in [9.17, 15) is 10.1 Å². The third kappa shape index (κ3) is 3.83. The summed E-state index contributed by atoms with van der Waals surface area (Å²) in [5.74, 6) is 0. The number of nitrogens with one attached hydrogen (secondary N) is 1. The molecule has 0 radical (unpaired) electrons. The third-order valence-electron chi connectivity index (χ3n) is 3.28. The number of nitro benzene ring substituents is 1. The van der Waals surface area contributed by atoms with Gasteiger partial charge in [-0.1, -0.05) is 24.6 Å². The molecule has 6 heteroatoms. The first-order chi connectivity index (χ1) is 10.1. The third-order valence-corrected chi connectivity index (χ3v) is 3.63. The zero-order valence-corrected chi connectivity index (χ0v) is 12.6. The first-order valence-electron chi connectivity index (χ1n) is 6.90. The van der Waals surface area contributed by atoms with E-state index in [0.29, 0.717) is 17.1 Å². The van der Waals surface area contributed by atoms with Gasteiger partial charge in [0.1, 0.15) is 0 Å². The Kier molecular flexibility index (Phi) is 5.36. The lowest BCUT2D eigenvalue weighted by atomic mass is 10.1. The largest absolute Gasteiger partial charge is 0.346 e. The lowest BCUT2D eigenvalue weighted by Gasteiger charge is -2.11. The first-order valence-corrected chi connectivity index (χ1v) is 7.27. The van der Waals surface area contributed by atoms with E-state index in [1.807, 2.05) is 22.9 Å². The Morgan fingerprint density at radius 3 is 2.86 bits per heavy atom. The normalized spacial score (nSPS) is 10.8. The van der Waals surface area contributed by atoms with Crippen molar-refractivity contribution in [2.75, 3.05) is 6.54 Å². The van der Waals surface area contributed by atoms with Gasteiger partial charge in [-0.15, -0.1) is 0 Å². The van der Waals surface area contributed by atoms with Gasteiger partial charge in [0.15, 0.2) is 0 Å². The summed E-state index contributed by atoms with van der Waals surface area (Å²) in [7, 11) is 0. The maximum absolute atomic E-state index is 11.1. The number of hydrogen-bond donors (Lipinski definition) is 1. The van der Waals surface area contributed by atoms with E-state index in [0.717, 1.165) is 25.2 Å². The van der Waals surface area contributed by atoms with Crippen LogP contribution in [0.25, 0.3) is 0 Å². The molecule has 0 bridgehead atoms. The Morgan fingerprint density at radius 1 is 1.33 bits per heavy atom. The zero-order valence-electron chi connectivity index (χ0n) is 11.9. The summed E-state index contributed by atoms with van der Waals surface area (Å²) in [6, 6.07) is 8.71. The monoisotopic (exact) mass is 307 g/mol. The fourth-order valence-corrected chi connectivity index (χ4v) is 2.43. The van der Waals surface area contributed by atoms with Crippen LogP contribution in [-0.4, -0.2) is 16.0 Å². The highest BCUT2D eigenvalue weighted by atomic mass is 35.5. The maximum atomic E-state index is 11.1. The summed E-state index contributed by atoms with van der Waals surface area (Å²) in [5.41, 5.74) is 1.68. The van der Waals surface area contributed by atoms with Crippen molar-refractivity contribution in [3.63, 3.8) is 0 Å². The maximum Gasteiger partial charge on any atom is 0.275 e. The second-order valence-electron chi connectivity index (χ2n) is 4.80. The molecule has 112 valence electrons. The lowest BCUT2D eigenvalue weighted by Crippen LogP contribution is -2.17. The molecule has 0 aliphatic heterocycles. The number of nitrogens with zero attached hydrogens (tertiary/aromatic N) is 2. The van der Waals surface area contributed by atoms with Gasteiger partial charge in [-0.3, -0.25) is 10.1 Å². The number of aromatic nitrogens is 1. The second kappa shape index (κ2) is 7.24. The van der Waals surface area contributed by atoms with Gasteiger partial charge in [0.2, 0.25) is 0 Å². The Morgan fingerprint density at radius 2 is 2.14 bits per heavy atom. The van der Waals surface area contributed by atoms with Crippen LogP contribution in [0.4, 0.5) is 5.69 Å². The average molecular weight is 308 g/mol. The minimum atomic E-state index is -0.389. The summed E-state index contributed by atoms with van der Waals surface area (Å²) >= 11 is 6.14. The van der Waals surface area contributed by atoms with Gasteiger partial charge < -0.3 is 9.88 Å². The van der Waals surface area contributed by atoms with Crippen molar-refractivity contribution in [2.45, 2.75) is 26.4 Å². The predicted octanol–water partition coefficient (Wildman–Crippen LogP) is 3.60. The molecule has 1 aromatic carbocycles. The minimum Gasteiger partial charge on any atom is -0.346 e.